The summed E-state index contributed by atoms with van der Waals surface area (Å²) in [5.41, 5.74) is 1.32. The lowest BCUT2D eigenvalue weighted by Gasteiger charge is -2.23. The molecule has 9 nitrogen and oxygen atoms in total. The van der Waals surface area contributed by atoms with E-state index in [0.29, 0.717) is 30.2 Å². The van der Waals surface area contributed by atoms with E-state index in [0.717, 1.165) is 11.6 Å². The summed E-state index contributed by atoms with van der Waals surface area (Å²) in [6, 6.07) is 7.06. The predicted molar refractivity (Wildman–Crippen MR) is 159 cm³/mol. The SMILES string of the molecule is C=CCC(Nc1ccccc1-c1cn(COCC[Si](C)(C)C)c([C@H](CC=C)NC(=O)OC(C)(C)C)n1)C(=O)O. The van der Waals surface area contributed by atoms with Crippen LogP contribution in [0.25, 0.3) is 11.3 Å². The van der Waals surface area contributed by atoms with E-state index in [1.807, 2.05) is 35.0 Å². The third-order valence-corrected chi connectivity index (χ3v) is 7.38. The van der Waals surface area contributed by atoms with Crippen LogP contribution in [0.1, 0.15) is 45.5 Å². The van der Waals surface area contributed by atoms with Crippen LogP contribution in [0.15, 0.2) is 55.8 Å². The Hall–Kier alpha value is -3.37. The van der Waals surface area contributed by atoms with Gasteiger partial charge in [0.25, 0.3) is 0 Å². The van der Waals surface area contributed by atoms with Crippen molar-refractivity contribution in [3.05, 3.63) is 61.6 Å². The molecule has 0 fully saturated rings. The monoisotopic (exact) mass is 556 g/mol. The highest BCUT2D eigenvalue weighted by Crippen LogP contribution is 2.30. The minimum Gasteiger partial charge on any atom is -0.480 e. The lowest BCUT2D eigenvalue weighted by molar-refractivity contribution is -0.137. The smallest absolute Gasteiger partial charge is 0.408 e. The van der Waals surface area contributed by atoms with Gasteiger partial charge in [0.15, 0.2) is 0 Å². The van der Waals surface area contributed by atoms with Crippen molar-refractivity contribution >= 4 is 25.8 Å². The van der Waals surface area contributed by atoms with Crippen LogP contribution >= 0.6 is 0 Å². The fraction of sp³-hybridized carbons (Fsp3) is 0.483. The van der Waals surface area contributed by atoms with E-state index >= 15 is 0 Å². The number of imidazole rings is 1. The van der Waals surface area contributed by atoms with Crippen LogP contribution in [0.5, 0.6) is 0 Å². The standard InChI is InChI=1S/C29H44N4O5Si/c1-9-13-23(32-28(36)38-29(3,4)5)26-31-25(19-33(26)20-37-17-18-39(6,7)8)21-15-11-12-16-22(21)30-24(14-10-2)27(34)35/h9-12,15-16,19,23-24,30H,1-2,13-14,17-18,20H2,3-8H3,(H,32,36)(H,34,35)/t23-,24?/m0/s1. The number of rotatable bonds is 15. The van der Waals surface area contributed by atoms with E-state index in [-0.39, 0.29) is 13.2 Å². The van der Waals surface area contributed by atoms with Gasteiger partial charge in [0.2, 0.25) is 0 Å². The van der Waals surface area contributed by atoms with Crippen LogP contribution < -0.4 is 10.6 Å². The molecule has 0 saturated carbocycles. The van der Waals surface area contributed by atoms with E-state index in [1.165, 1.54) is 0 Å². The van der Waals surface area contributed by atoms with Gasteiger partial charge in [-0.05, 0) is 45.7 Å². The number of nitrogens with zero attached hydrogens (tertiary/aromatic N) is 2. The Morgan fingerprint density at radius 1 is 1.15 bits per heavy atom. The number of carbonyl (C=O) groups is 2. The van der Waals surface area contributed by atoms with Crippen LogP contribution in [-0.4, -0.2) is 53.0 Å². The highest BCUT2D eigenvalue weighted by molar-refractivity contribution is 6.76. The van der Waals surface area contributed by atoms with Crippen LogP contribution in [0.2, 0.25) is 25.7 Å². The number of benzene rings is 1. The van der Waals surface area contributed by atoms with Crippen LogP contribution in [0.4, 0.5) is 10.5 Å². The maximum Gasteiger partial charge on any atom is 0.408 e. The van der Waals surface area contributed by atoms with Crippen molar-refractivity contribution in [1.82, 2.24) is 14.9 Å². The molecule has 0 aliphatic carbocycles. The van der Waals surface area contributed by atoms with Crippen LogP contribution in [0.3, 0.4) is 0 Å². The van der Waals surface area contributed by atoms with Crippen molar-refractivity contribution in [3.63, 3.8) is 0 Å². The van der Waals surface area contributed by atoms with Crippen molar-refractivity contribution in [2.24, 2.45) is 0 Å². The number of para-hydroxylation sites is 1. The number of carbonyl (C=O) groups excluding carboxylic acids is 1. The molecule has 39 heavy (non-hydrogen) atoms. The number of ether oxygens (including phenoxy) is 2. The highest BCUT2D eigenvalue weighted by atomic mass is 28.3. The molecule has 1 heterocycles. The molecule has 0 aliphatic rings. The molecule has 214 valence electrons. The van der Waals surface area contributed by atoms with Gasteiger partial charge in [-0.25, -0.2) is 14.6 Å². The second kappa shape index (κ2) is 14.1. The molecule has 1 unspecified atom stereocenters. The molecule has 0 radical (unpaired) electrons. The third-order valence-electron chi connectivity index (χ3n) is 5.67. The van der Waals surface area contributed by atoms with E-state index in [4.69, 9.17) is 14.5 Å². The van der Waals surface area contributed by atoms with Gasteiger partial charge in [-0.1, -0.05) is 50.0 Å². The Morgan fingerprint density at radius 2 is 1.82 bits per heavy atom. The molecule has 2 aromatic rings. The first kappa shape index (κ1) is 31.8. The summed E-state index contributed by atoms with van der Waals surface area (Å²) >= 11 is 0. The molecule has 0 spiro atoms. The quantitative estimate of drug-likeness (QED) is 0.131. The summed E-state index contributed by atoms with van der Waals surface area (Å²) in [7, 11) is -1.27. The maximum atomic E-state index is 12.7. The number of amides is 1. The van der Waals surface area contributed by atoms with Gasteiger partial charge in [0.05, 0.1) is 11.7 Å². The van der Waals surface area contributed by atoms with Gasteiger partial charge >= 0.3 is 12.1 Å². The summed E-state index contributed by atoms with van der Waals surface area (Å²) in [5, 5.41) is 15.7. The zero-order chi connectivity index (χ0) is 29.2. The summed E-state index contributed by atoms with van der Waals surface area (Å²) in [6.07, 6.45) is 5.28. The number of aromatic nitrogens is 2. The number of hydrogen-bond donors (Lipinski definition) is 3. The van der Waals surface area contributed by atoms with Gasteiger partial charge < -0.3 is 29.8 Å². The fourth-order valence-electron chi connectivity index (χ4n) is 3.74. The second-order valence-corrected chi connectivity index (χ2v) is 17.3. The Balaban J connectivity index is 2.48. The first-order chi connectivity index (χ1) is 18.2. The predicted octanol–water partition coefficient (Wildman–Crippen LogP) is 6.45. The van der Waals surface area contributed by atoms with Gasteiger partial charge in [-0.15, -0.1) is 13.2 Å². The average Bonchev–Trinajstić information content (AvgIpc) is 3.23. The van der Waals surface area contributed by atoms with Gasteiger partial charge in [-0.2, -0.15) is 0 Å². The minimum atomic E-state index is -1.27. The van der Waals surface area contributed by atoms with E-state index in [9.17, 15) is 14.7 Å². The van der Waals surface area contributed by atoms with E-state index in [1.54, 1.807) is 32.9 Å². The third kappa shape index (κ3) is 10.7. The topological polar surface area (TPSA) is 115 Å². The van der Waals surface area contributed by atoms with Crippen molar-refractivity contribution in [2.75, 3.05) is 11.9 Å². The number of hydrogen-bond acceptors (Lipinski definition) is 6. The number of aliphatic carboxylic acids is 1. The molecule has 0 bridgehead atoms. The Morgan fingerprint density at radius 3 is 2.41 bits per heavy atom. The largest absolute Gasteiger partial charge is 0.480 e. The Kier molecular flexibility index (Phi) is 11.5. The van der Waals surface area contributed by atoms with Crippen molar-refractivity contribution in [1.29, 1.82) is 0 Å². The number of anilines is 1. The molecule has 0 saturated heterocycles. The first-order valence-electron chi connectivity index (χ1n) is 13.2. The van der Waals surface area contributed by atoms with Crippen LogP contribution in [-0.2, 0) is 21.0 Å². The van der Waals surface area contributed by atoms with E-state index < -0.39 is 37.8 Å². The van der Waals surface area contributed by atoms with E-state index in [2.05, 4.69) is 43.4 Å². The first-order valence-corrected chi connectivity index (χ1v) is 16.9. The van der Waals surface area contributed by atoms with Crippen LogP contribution in [0, 0.1) is 0 Å². The van der Waals surface area contributed by atoms with Gasteiger partial charge in [0.1, 0.15) is 24.2 Å². The van der Waals surface area contributed by atoms with Crippen molar-refractivity contribution in [2.45, 2.75) is 83.7 Å². The van der Waals surface area contributed by atoms with Gasteiger partial charge in [-0.3, -0.25) is 0 Å². The lowest BCUT2D eigenvalue weighted by Crippen LogP contribution is -2.36. The molecular weight excluding hydrogens is 512 g/mol. The Bertz CT molecular complexity index is 1130. The minimum absolute atomic E-state index is 0.250. The summed E-state index contributed by atoms with van der Waals surface area (Å²) in [5.74, 6) is -0.390. The molecular formula is C29H44N4O5Si. The number of carboxylic acids is 1. The average molecular weight is 557 g/mol. The molecule has 10 heteroatoms. The molecule has 2 atom stereocenters. The summed E-state index contributed by atoms with van der Waals surface area (Å²) < 4.78 is 13.4. The molecule has 0 aliphatic heterocycles. The zero-order valence-corrected chi connectivity index (χ0v) is 25.1. The lowest BCUT2D eigenvalue weighted by atomic mass is 10.1. The highest BCUT2D eigenvalue weighted by Gasteiger charge is 2.25. The molecule has 1 amide bonds. The normalized spacial score (nSPS) is 13.3. The number of alkyl carbamates (subject to hydrolysis) is 1. The zero-order valence-electron chi connectivity index (χ0n) is 24.1. The molecule has 1 aromatic heterocycles. The molecule has 1 aromatic carbocycles. The second-order valence-electron chi connectivity index (χ2n) is 11.6. The Labute approximate surface area is 233 Å². The van der Waals surface area contributed by atoms with Gasteiger partial charge in [0, 0.05) is 32.1 Å². The number of carboxylic acid groups (broad SMARTS) is 1. The molecule has 2 rings (SSSR count). The molecule has 3 N–H and O–H groups in total. The number of nitrogens with one attached hydrogen (secondary N) is 2. The fourth-order valence-corrected chi connectivity index (χ4v) is 4.49. The summed E-state index contributed by atoms with van der Waals surface area (Å²) in [6.45, 7) is 20.7. The summed E-state index contributed by atoms with van der Waals surface area (Å²) in [4.78, 5) is 29.3. The van der Waals surface area contributed by atoms with Crippen molar-refractivity contribution in [3.8, 4) is 11.3 Å². The van der Waals surface area contributed by atoms with Crippen molar-refractivity contribution < 1.29 is 24.2 Å². The maximum absolute atomic E-state index is 12.7.